The lowest BCUT2D eigenvalue weighted by Crippen LogP contribution is -2.44. The molecule has 0 unspecified atom stereocenters. The van der Waals surface area contributed by atoms with Gasteiger partial charge in [-0.25, -0.2) is 4.79 Å². The monoisotopic (exact) mass is 402 g/mol. The number of amides is 2. The molecule has 1 atom stereocenters. The molecule has 2 aliphatic rings. The van der Waals surface area contributed by atoms with E-state index in [1.807, 2.05) is 49.9 Å². The predicted octanol–water partition coefficient (Wildman–Crippen LogP) is 4.34. The molecule has 0 saturated carbocycles. The first-order valence-electron chi connectivity index (χ1n) is 10.8. The van der Waals surface area contributed by atoms with Gasteiger partial charge in [-0.05, 0) is 77.1 Å². The molecule has 0 radical (unpaired) electrons. The zero-order valence-electron chi connectivity index (χ0n) is 18.0. The fraction of sp³-hybridized carbons (Fsp3) is 0.652. The topological polar surface area (TPSA) is 59.1 Å². The number of nitrogens with zero attached hydrogens (tertiary/aromatic N) is 2. The fourth-order valence-corrected chi connectivity index (χ4v) is 3.88. The van der Waals surface area contributed by atoms with E-state index in [2.05, 4.69) is 0 Å². The van der Waals surface area contributed by atoms with Gasteiger partial charge in [-0.15, -0.1) is 0 Å². The van der Waals surface area contributed by atoms with Gasteiger partial charge in [0.1, 0.15) is 11.4 Å². The maximum Gasteiger partial charge on any atom is 0.410 e. The normalized spacial score (nSPS) is 20.3. The number of carbonyl (C=O) groups excluding carboxylic acids is 2. The molecule has 6 heteroatoms. The van der Waals surface area contributed by atoms with Gasteiger partial charge in [-0.2, -0.15) is 0 Å². The standard InChI is InChI=1S/C23H34N2O4/c1-23(2,3)29-22(27)25-15-7-8-18(16-25)17-28-20-11-9-19(10-12-20)21(26)24-13-5-4-6-14-24/h9-12,18H,4-8,13-17H2,1-3H3/t18-/m1/s1. The highest BCUT2D eigenvalue weighted by molar-refractivity contribution is 5.94. The molecule has 0 aromatic heterocycles. The van der Waals surface area contributed by atoms with E-state index in [1.54, 1.807) is 4.90 Å². The average Bonchev–Trinajstić information content (AvgIpc) is 2.72. The van der Waals surface area contributed by atoms with E-state index in [0.717, 1.165) is 51.1 Å². The molecular formula is C23H34N2O4. The molecule has 2 aliphatic heterocycles. The number of carbonyl (C=O) groups is 2. The lowest BCUT2D eigenvalue weighted by molar-refractivity contribution is 0.0139. The van der Waals surface area contributed by atoms with Crippen molar-refractivity contribution in [3.63, 3.8) is 0 Å². The maximum atomic E-state index is 12.6. The third-order valence-electron chi connectivity index (χ3n) is 5.40. The molecule has 0 bridgehead atoms. The van der Waals surface area contributed by atoms with Crippen molar-refractivity contribution in [1.82, 2.24) is 9.80 Å². The number of ether oxygens (including phenoxy) is 2. The molecule has 2 fully saturated rings. The summed E-state index contributed by atoms with van der Waals surface area (Å²) in [5.41, 5.74) is 0.237. The van der Waals surface area contributed by atoms with Crippen LogP contribution < -0.4 is 4.74 Å². The smallest absolute Gasteiger partial charge is 0.410 e. The number of rotatable bonds is 4. The summed E-state index contributed by atoms with van der Waals surface area (Å²) in [6, 6.07) is 7.43. The highest BCUT2D eigenvalue weighted by atomic mass is 16.6. The third-order valence-corrected chi connectivity index (χ3v) is 5.40. The molecule has 29 heavy (non-hydrogen) atoms. The minimum absolute atomic E-state index is 0.108. The first-order chi connectivity index (χ1) is 13.8. The van der Waals surface area contributed by atoms with Crippen LogP contribution in [0.25, 0.3) is 0 Å². The molecule has 2 saturated heterocycles. The molecule has 3 rings (SSSR count). The van der Waals surface area contributed by atoms with E-state index in [0.29, 0.717) is 18.7 Å². The average molecular weight is 403 g/mol. The highest BCUT2D eigenvalue weighted by Crippen LogP contribution is 2.22. The van der Waals surface area contributed by atoms with Crippen molar-refractivity contribution in [2.45, 2.75) is 58.5 Å². The van der Waals surface area contributed by atoms with Crippen LogP contribution in [0.4, 0.5) is 4.79 Å². The van der Waals surface area contributed by atoms with Gasteiger partial charge in [0.15, 0.2) is 0 Å². The Kier molecular flexibility index (Phi) is 7.04. The Bertz CT molecular complexity index is 690. The Hall–Kier alpha value is -2.24. The van der Waals surface area contributed by atoms with E-state index in [-0.39, 0.29) is 17.9 Å². The van der Waals surface area contributed by atoms with Crippen molar-refractivity contribution in [1.29, 1.82) is 0 Å². The summed E-state index contributed by atoms with van der Waals surface area (Å²) in [7, 11) is 0. The van der Waals surface area contributed by atoms with Gasteiger partial charge in [0.25, 0.3) is 5.91 Å². The zero-order chi connectivity index (χ0) is 20.9. The summed E-state index contributed by atoms with van der Waals surface area (Å²) in [5, 5.41) is 0. The SMILES string of the molecule is CC(C)(C)OC(=O)N1CCC[C@@H](COc2ccc(C(=O)N3CCCCC3)cc2)C1. The molecule has 6 nitrogen and oxygen atoms in total. The first kappa shape index (κ1) is 21.5. The second-order valence-electron chi connectivity index (χ2n) is 9.12. The zero-order valence-corrected chi connectivity index (χ0v) is 18.0. The van der Waals surface area contributed by atoms with Gasteiger partial charge in [0.05, 0.1) is 6.61 Å². The van der Waals surface area contributed by atoms with E-state index in [4.69, 9.17) is 9.47 Å². The molecule has 1 aromatic rings. The van der Waals surface area contributed by atoms with Gasteiger partial charge in [0, 0.05) is 37.7 Å². The lowest BCUT2D eigenvalue weighted by atomic mass is 9.99. The second kappa shape index (κ2) is 9.51. The van der Waals surface area contributed by atoms with Crippen LogP contribution in [-0.2, 0) is 4.74 Å². The molecule has 0 aliphatic carbocycles. The van der Waals surface area contributed by atoms with Crippen LogP contribution in [0, 0.1) is 5.92 Å². The van der Waals surface area contributed by atoms with Crippen LogP contribution in [0.3, 0.4) is 0 Å². The van der Waals surface area contributed by atoms with Crippen molar-refractivity contribution in [3.05, 3.63) is 29.8 Å². The Morgan fingerprint density at radius 2 is 1.62 bits per heavy atom. The van der Waals surface area contributed by atoms with E-state index < -0.39 is 5.60 Å². The number of likely N-dealkylation sites (tertiary alicyclic amines) is 2. The summed E-state index contributed by atoms with van der Waals surface area (Å²) in [6.45, 7) is 9.30. The van der Waals surface area contributed by atoms with Gasteiger partial charge < -0.3 is 19.3 Å². The second-order valence-corrected chi connectivity index (χ2v) is 9.12. The Balaban J connectivity index is 1.48. The van der Waals surface area contributed by atoms with Crippen molar-refractivity contribution in [2.75, 3.05) is 32.8 Å². The van der Waals surface area contributed by atoms with Crippen molar-refractivity contribution in [2.24, 2.45) is 5.92 Å². The maximum absolute atomic E-state index is 12.6. The quantitative estimate of drug-likeness (QED) is 0.752. The fourth-order valence-electron chi connectivity index (χ4n) is 3.88. The minimum atomic E-state index is -0.478. The largest absolute Gasteiger partial charge is 0.493 e. The molecule has 0 N–H and O–H groups in total. The van der Waals surface area contributed by atoms with Crippen LogP contribution in [0.2, 0.25) is 0 Å². The molecule has 160 valence electrons. The van der Waals surface area contributed by atoms with Crippen LogP contribution in [0.5, 0.6) is 5.75 Å². The van der Waals surface area contributed by atoms with Crippen LogP contribution in [0.15, 0.2) is 24.3 Å². The summed E-state index contributed by atoms with van der Waals surface area (Å²) < 4.78 is 11.4. The highest BCUT2D eigenvalue weighted by Gasteiger charge is 2.28. The number of hydrogen-bond acceptors (Lipinski definition) is 4. The minimum Gasteiger partial charge on any atom is -0.493 e. The molecule has 2 heterocycles. The molecule has 1 aromatic carbocycles. The Morgan fingerprint density at radius 3 is 2.28 bits per heavy atom. The van der Waals surface area contributed by atoms with Gasteiger partial charge in [-0.3, -0.25) is 4.79 Å². The van der Waals surface area contributed by atoms with E-state index in [1.165, 1.54) is 6.42 Å². The van der Waals surface area contributed by atoms with Crippen LogP contribution in [-0.4, -0.2) is 60.2 Å². The Morgan fingerprint density at radius 1 is 0.966 bits per heavy atom. The summed E-state index contributed by atoms with van der Waals surface area (Å²) in [5.74, 6) is 1.15. The third kappa shape index (κ3) is 6.38. The number of benzene rings is 1. The van der Waals surface area contributed by atoms with Crippen LogP contribution >= 0.6 is 0 Å². The van der Waals surface area contributed by atoms with E-state index in [9.17, 15) is 9.59 Å². The number of hydrogen-bond donors (Lipinski definition) is 0. The predicted molar refractivity (Wildman–Crippen MR) is 112 cm³/mol. The summed E-state index contributed by atoms with van der Waals surface area (Å²) in [4.78, 5) is 28.6. The molecule has 2 amide bonds. The molecule has 0 spiro atoms. The van der Waals surface area contributed by atoms with Crippen molar-refractivity contribution in [3.8, 4) is 5.75 Å². The van der Waals surface area contributed by atoms with E-state index >= 15 is 0 Å². The lowest BCUT2D eigenvalue weighted by Gasteiger charge is -2.34. The molecular weight excluding hydrogens is 368 g/mol. The summed E-state index contributed by atoms with van der Waals surface area (Å²) in [6.07, 6.45) is 5.14. The number of piperidine rings is 2. The van der Waals surface area contributed by atoms with Crippen LogP contribution in [0.1, 0.15) is 63.2 Å². The summed E-state index contributed by atoms with van der Waals surface area (Å²) >= 11 is 0. The Labute approximate surface area is 174 Å². The van der Waals surface area contributed by atoms with Crippen molar-refractivity contribution >= 4 is 12.0 Å². The first-order valence-corrected chi connectivity index (χ1v) is 10.8. The van der Waals surface area contributed by atoms with Gasteiger partial charge >= 0.3 is 6.09 Å². The van der Waals surface area contributed by atoms with Crippen molar-refractivity contribution < 1.29 is 19.1 Å². The van der Waals surface area contributed by atoms with Gasteiger partial charge in [0.2, 0.25) is 0 Å². The van der Waals surface area contributed by atoms with Gasteiger partial charge in [-0.1, -0.05) is 0 Å².